The van der Waals surface area contributed by atoms with E-state index in [1.807, 2.05) is 31.0 Å². The van der Waals surface area contributed by atoms with Gasteiger partial charge < -0.3 is 24.9 Å². The third-order valence-corrected chi connectivity index (χ3v) is 5.24. The predicted molar refractivity (Wildman–Crippen MR) is 108 cm³/mol. The molecule has 0 unspecified atom stereocenters. The molecule has 2 heterocycles. The Morgan fingerprint density at radius 3 is 2.76 bits per heavy atom. The first-order valence-corrected chi connectivity index (χ1v) is 9.57. The third-order valence-electron chi connectivity index (χ3n) is 5.24. The number of aromatic amines is 2. The number of ether oxygens (including phenoxy) is 1. The van der Waals surface area contributed by atoms with Crippen LogP contribution in [0, 0.1) is 6.92 Å². The SMILES string of the molecule is COc1ccc(CCNC(=O)[C@H]2CN(C(=O)c3c[nH]c(=O)[nH]3)CCN2C)cc1C. The molecule has 1 aliphatic heterocycles. The topological polar surface area (TPSA) is 111 Å². The van der Waals surface area contributed by atoms with E-state index in [1.54, 1.807) is 12.0 Å². The van der Waals surface area contributed by atoms with E-state index in [0.29, 0.717) is 26.1 Å². The van der Waals surface area contributed by atoms with Crippen LogP contribution in [0.2, 0.25) is 0 Å². The number of piperazine rings is 1. The lowest BCUT2D eigenvalue weighted by Crippen LogP contribution is -2.59. The number of rotatable bonds is 6. The smallest absolute Gasteiger partial charge is 0.323 e. The average Bonchev–Trinajstić information content (AvgIpc) is 3.14. The van der Waals surface area contributed by atoms with Crippen molar-refractivity contribution in [3.8, 4) is 5.75 Å². The molecule has 0 spiro atoms. The summed E-state index contributed by atoms with van der Waals surface area (Å²) >= 11 is 0. The summed E-state index contributed by atoms with van der Waals surface area (Å²) < 4.78 is 5.27. The Morgan fingerprint density at radius 1 is 1.31 bits per heavy atom. The van der Waals surface area contributed by atoms with Gasteiger partial charge in [0, 0.05) is 32.4 Å². The number of amides is 2. The summed E-state index contributed by atoms with van der Waals surface area (Å²) in [6, 6.07) is 5.53. The first-order valence-electron chi connectivity index (χ1n) is 9.57. The molecule has 1 aliphatic rings. The van der Waals surface area contributed by atoms with Crippen LogP contribution in [0.4, 0.5) is 0 Å². The number of hydrogen-bond donors (Lipinski definition) is 3. The molecule has 1 fully saturated rings. The van der Waals surface area contributed by atoms with Gasteiger partial charge in [-0.3, -0.25) is 14.5 Å². The second-order valence-electron chi connectivity index (χ2n) is 7.25. The van der Waals surface area contributed by atoms with E-state index >= 15 is 0 Å². The van der Waals surface area contributed by atoms with Crippen LogP contribution < -0.4 is 15.7 Å². The number of aryl methyl sites for hydroxylation is 1. The number of carbonyl (C=O) groups is 2. The molecule has 0 radical (unpaired) electrons. The largest absolute Gasteiger partial charge is 0.496 e. The summed E-state index contributed by atoms with van der Waals surface area (Å²) in [6.07, 6.45) is 2.06. The van der Waals surface area contributed by atoms with Crippen LogP contribution in [0.1, 0.15) is 21.6 Å². The van der Waals surface area contributed by atoms with Crippen molar-refractivity contribution >= 4 is 11.8 Å². The van der Waals surface area contributed by atoms with Gasteiger partial charge in [0.1, 0.15) is 17.5 Å². The van der Waals surface area contributed by atoms with Gasteiger partial charge in [0.2, 0.25) is 5.91 Å². The number of aromatic nitrogens is 2. The highest BCUT2D eigenvalue weighted by atomic mass is 16.5. The molecule has 29 heavy (non-hydrogen) atoms. The monoisotopic (exact) mass is 401 g/mol. The van der Waals surface area contributed by atoms with Crippen molar-refractivity contribution in [2.24, 2.45) is 0 Å². The summed E-state index contributed by atoms with van der Waals surface area (Å²) in [5.41, 5.74) is 1.95. The Hall–Kier alpha value is -3.07. The molecule has 1 saturated heterocycles. The molecular weight excluding hydrogens is 374 g/mol. The first kappa shape index (κ1) is 20.7. The minimum atomic E-state index is -0.434. The van der Waals surface area contributed by atoms with Crippen LogP contribution in [-0.2, 0) is 11.2 Å². The van der Waals surface area contributed by atoms with Gasteiger partial charge in [-0.1, -0.05) is 12.1 Å². The molecule has 2 amide bonds. The van der Waals surface area contributed by atoms with Crippen LogP contribution in [0.15, 0.2) is 29.2 Å². The van der Waals surface area contributed by atoms with Crippen LogP contribution in [-0.4, -0.2) is 78.0 Å². The molecule has 1 atom stereocenters. The van der Waals surface area contributed by atoms with E-state index in [0.717, 1.165) is 16.9 Å². The van der Waals surface area contributed by atoms with E-state index in [-0.39, 0.29) is 24.1 Å². The van der Waals surface area contributed by atoms with Crippen molar-refractivity contribution in [2.45, 2.75) is 19.4 Å². The molecule has 0 bridgehead atoms. The molecule has 2 aromatic rings. The Kier molecular flexibility index (Phi) is 6.38. The van der Waals surface area contributed by atoms with E-state index in [4.69, 9.17) is 4.74 Å². The zero-order valence-electron chi connectivity index (χ0n) is 16.9. The van der Waals surface area contributed by atoms with Gasteiger partial charge >= 0.3 is 5.69 Å². The maximum absolute atomic E-state index is 12.7. The van der Waals surface area contributed by atoms with Gasteiger partial charge in [0.05, 0.1) is 7.11 Å². The van der Waals surface area contributed by atoms with Crippen molar-refractivity contribution < 1.29 is 14.3 Å². The average molecular weight is 401 g/mol. The summed E-state index contributed by atoms with van der Waals surface area (Å²) in [7, 11) is 3.52. The molecule has 0 saturated carbocycles. The Labute approximate surface area is 169 Å². The number of nitrogens with zero attached hydrogens (tertiary/aromatic N) is 2. The normalized spacial score (nSPS) is 17.2. The van der Waals surface area contributed by atoms with Gasteiger partial charge in [-0.05, 0) is 37.6 Å². The molecule has 156 valence electrons. The quantitative estimate of drug-likeness (QED) is 0.638. The maximum atomic E-state index is 12.7. The van der Waals surface area contributed by atoms with Crippen LogP contribution in [0.3, 0.4) is 0 Å². The summed E-state index contributed by atoms with van der Waals surface area (Å²) in [6.45, 7) is 3.85. The van der Waals surface area contributed by atoms with Crippen molar-refractivity contribution in [3.63, 3.8) is 0 Å². The van der Waals surface area contributed by atoms with Crippen LogP contribution >= 0.6 is 0 Å². The van der Waals surface area contributed by atoms with E-state index in [9.17, 15) is 14.4 Å². The van der Waals surface area contributed by atoms with Crippen LogP contribution in [0.5, 0.6) is 5.75 Å². The number of hydrogen-bond acceptors (Lipinski definition) is 5. The molecule has 9 nitrogen and oxygen atoms in total. The van der Waals surface area contributed by atoms with Gasteiger partial charge in [0.25, 0.3) is 5.91 Å². The fourth-order valence-electron chi connectivity index (χ4n) is 3.50. The number of carbonyl (C=O) groups excluding carboxylic acids is 2. The minimum Gasteiger partial charge on any atom is -0.496 e. The number of H-pyrrole nitrogens is 2. The minimum absolute atomic E-state index is 0.113. The Balaban J connectivity index is 1.55. The molecule has 1 aromatic carbocycles. The highest BCUT2D eigenvalue weighted by molar-refractivity contribution is 5.93. The van der Waals surface area contributed by atoms with Gasteiger partial charge in [-0.2, -0.15) is 0 Å². The number of likely N-dealkylation sites (N-methyl/N-ethyl adjacent to an activating group) is 1. The van der Waals surface area contributed by atoms with E-state index < -0.39 is 11.7 Å². The summed E-state index contributed by atoms with van der Waals surface area (Å²) in [4.78, 5) is 44.9. The van der Waals surface area contributed by atoms with Crippen LogP contribution in [0.25, 0.3) is 0 Å². The molecule has 3 N–H and O–H groups in total. The lowest BCUT2D eigenvalue weighted by atomic mass is 10.1. The second kappa shape index (κ2) is 8.95. The fraction of sp³-hybridized carbons (Fsp3) is 0.450. The number of imidazole rings is 1. The molecule has 9 heteroatoms. The molecule has 0 aliphatic carbocycles. The van der Waals surface area contributed by atoms with Gasteiger partial charge in [-0.25, -0.2) is 4.79 Å². The lowest BCUT2D eigenvalue weighted by Gasteiger charge is -2.38. The van der Waals surface area contributed by atoms with Gasteiger partial charge in [-0.15, -0.1) is 0 Å². The number of nitrogens with one attached hydrogen (secondary N) is 3. The molecular formula is C20H27N5O4. The third kappa shape index (κ3) is 4.86. The van der Waals surface area contributed by atoms with Crippen molar-refractivity contribution in [1.82, 2.24) is 25.1 Å². The summed E-state index contributed by atoms with van der Waals surface area (Å²) in [5, 5.41) is 2.97. The first-order chi connectivity index (χ1) is 13.9. The zero-order chi connectivity index (χ0) is 21.0. The highest BCUT2D eigenvalue weighted by Gasteiger charge is 2.32. The standard InChI is InChI=1S/C20H27N5O4/c1-13-10-14(4-5-17(13)29-3)6-7-21-18(26)16-12-25(9-8-24(16)2)19(27)15-11-22-20(28)23-15/h4-5,10-11,16H,6-9,12H2,1-3H3,(H,21,26)(H2,22,23,28)/t16-/m1/s1. The molecule has 3 rings (SSSR count). The molecule has 1 aromatic heterocycles. The predicted octanol–water partition coefficient (Wildman–Crippen LogP) is 0.135. The Morgan fingerprint density at radius 2 is 2.10 bits per heavy atom. The number of benzene rings is 1. The van der Waals surface area contributed by atoms with E-state index in [2.05, 4.69) is 21.4 Å². The van der Waals surface area contributed by atoms with Gasteiger partial charge in [0.15, 0.2) is 0 Å². The summed E-state index contributed by atoms with van der Waals surface area (Å²) in [5.74, 6) is 0.441. The Bertz CT molecular complexity index is 935. The fourth-order valence-corrected chi connectivity index (χ4v) is 3.50. The number of methoxy groups -OCH3 is 1. The highest BCUT2D eigenvalue weighted by Crippen LogP contribution is 2.18. The zero-order valence-corrected chi connectivity index (χ0v) is 16.9. The lowest BCUT2D eigenvalue weighted by molar-refractivity contribution is -0.127. The second-order valence-corrected chi connectivity index (χ2v) is 7.25. The van der Waals surface area contributed by atoms with E-state index in [1.165, 1.54) is 6.20 Å². The van der Waals surface area contributed by atoms with Crippen molar-refractivity contribution in [3.05, 3.63) is 51.7 Å². The van der Waals surface area contributed by atoms with Crippen molar-refractivity contribution in [2.75, 3.05) is 40.3 Å². The van der Waals surface area contributed by atoms with Crippen molar-refractivity contribution in [1.29, 1.82) is 0 Å². The maximum Gasteiger partial charge on any atom is 0.323 e.